The molecule has 0 amide bonds. The van der Waals surface area contributed by atoms with Crippen molar-refractivity contribution in [2.24, 2.45) is 10.1 Å². The highest BCUT2D eigenvalue weighted by molar-refractivity contribution is 7.07. The third kappa shape index (κ3) is 2.73. The SMILES string of the molecule is CN=c1scc(-c2ccco2)n1N=Cc1ccccc1OC. The molecule has 2 heterocycles. The average molecular weight is 313 g/mol. The second-order valence-corrected chi connectivity index (χ2v) is 5.24. The maximum absolute atomic E-state index is 5.46. The van der Waals surface area contributed by atoms with Gasteiger partial charge in [0.2, 0.25) is 4.80 Å². The number of hydrogen-bond acceptors (Lipinski definition) is 5. The van der Waals surface area contributed by atoms with Gasteiger partial charge >= 0.3 is 0 Å². The van der Waals surface area contributed by atoms with Crippen LogP contribution in [0.25, 0.3) is 11.5 Å². The van der Waals surface area contributed by atoms with Crippen LogP contribution in [0.1, 0.15) is 5.56 Å². The van der Waals surface area contributed by atoms with E-state index in [-0.39, 0.29) is 0 Å². The van der Waals surface area contributed by atoms with Gasteiger partial charge in [0.25, 0.3) is 0 Å². The van der Waals surface area contributed by atoms with Gasteiger partial charge in [0.15, 0.2) is 5.76 Å². The van der Waals surface area contributed by atoms with E-state index in [9.17, 15) is 0 Å². The van der Waals surface area contributed by atoms with Crippen LogP contribution in [0.15, 0.2) is 62.6 Å². The number of para-hydroxylation sites is 1. The summed E-state index contributed by atoms with van der Waals surface area (Å²) < 4.78 is 12.6. The molecule has 0 bridgehead atoms. The maximum Gasteiger partial charge on any atom is 0.206 e. The highest BCUT2D eigenvalue weighted by Gasteiger charge is 2.09. The Morgan fingerprint density at radius 1 is 1.23 bits per heavy atom. The first kappa shape index (κ1) is 14.3. The third-order valence-electron chi connectivity index (χ3n) is 3.10. The smallest absolute Gasteiger partial charge is 0.206 e. The van der Waals surface area contributed by atoms with Gasteiger partial charge in [0.1, 0.15) is 11.4 Å². The highest BCUT2D eigenvalue weighted by atomic mass is 32.1. The molecule has 0 saturated heterocycles. The second kappa shape index (κ2) is 6.44. The van der Waals surface area contributed by atoms with Gasteiger partial charge in [0, 0.05) is 18.0 Å². The van der Waals surface area contributed by atoms with Crippen molar-refractivity contribution in [3.63, 3.8) is 0 Å². The molecule has 0 fully saturated rings. The lowest BCUT2D eigenvalue weighted by atomic mass is 10.2. The fraction of sp³-hybridized carbons (Fsp3) is 0.125. The van der Waals surface area contributed by atoms with E-state index in [4.69, 9.17) is 9.15 Å². The quantitative estimate of drug-likeness (QED) is 0.694. The predicted octanol–water partition coefficient (Wildman–Crippen LogP) is 3.23. The minimum absolute atomic E-state index is 0.753. The van der Waals surface area contributed by atoms with Crippen LogP contribution in [0.3, 0.4) is 0 Å². The molecule has 0 atom stereocenters. The molecule has 5 nitrogen and oxygen atoms in total. The molecule has 6 heteroatoms. The van der Waals surface area contributed by atoms with E-state index in [1.165, 1.54) is 11.3 Å². The van der Waals surface area contributed by atoms with Crippen LogP contribution in [-0.2, 0) is 0 Å². The summed E-state index contributed by atoms with van der Waals surface area (Å²) in [7, 11) is 3.39. The van der Waals surface area contributed by atoms with Crippen LogP contribution in [0, 0.1) is 0 Å². The van der Waals surface area contributed by atoms with Gasteiger partial charge in [0.05, 0.1) is 19.6 Å². The van der Waals surface area contributed by atoms with E-state index in [1.807, 2.05) is 41.8 Å². The summed E-state index contributed by atoms with van der Waals surface area (Å²) in [5.74, 6) is 1.53. The van der Waals surface area contributed by atoms with Crippen LogP contribution >= 0.6 is 11.3 Å². The van der Waals surface area contributed by atoms with E-state index < -0.39 is 0 Å². The fourth-order valence-electron chi connectivity index (χ4n) is 2.05. The van der Waals surface area contributed by atoms with Gasteiger partial charge in [-0.25, -0.2) is 4.68 Å². The maximum atomic E-state index is 5.46. The van der Waals surface area contributed by atoms with E-state index >= 15 is 0 Å². The molecule has 3 rings (SSSR count). The zero-order valence-corrected chi connectivity index (χ0v) is 13.1. The molecule has 0 spiro atoms. The Morgan fingerprint density at radius 3 is 2.82 bits per heavy atom. The fourth-order valence-corrected chi connectivity index (χ4v) is 2.83. The lowest BCUT2D eigenvalue weighted by Gasteiger charge is -2.04. The Kier molecular flexibility index (Phi) is 4.20. The van der Waals surface area contributed by atoms with Crippen molar-refractivity contribution in [3.05, 3.63) is 58.4 Å². The van der Waals surface area contributed by atoms with Gasteiger partial charge < -0.3 is 9.15 Å². The molecule has 0 saturated carbocycles. The average Bonchev–Trinajstić information content (AvgIpc) is 3.21. The van der Waals surface area contributed by atoms with Crippen LogP contribution in [0.5, 0.6) is 5.75 Å². The topological polar surface area (TPSA) is 52.0 Å². The van der Waals surface area contributed by atoms with Crippen molar-refractivity contribution < 1.29 is 9.15 Å². The molecule has 3 aromatic rings. The summed E-state index contributed by atoms with van der Waals surface area (Å²) in [6, 6.07) is 11.5. The standard InChI is InChI=1S/C16H15N3O2S/c1-17-16-19(13(11-22-16)15-8-5-9-21-15)18-10-12-6-3-4-7-14(12)20-2/h3-11H,1-2H3. The van der Waals surface area contributed by atoms with Crippen molar-refractivity contribution >= 4 is 17.6 Å². The Balaban J connectivity index is 2.05. The summed E-state index contributed by atoms with van der Waals surface area (Å²) in [5.41, 5.74) is 1.76. The number of methoxy groups -OCH3 is 1. The Morgan fingerprint density at radius 2 is 2.09 bits per heavy atom. The van der Waals surface area contributed by atoms with Crippen LogP contribution < -0.4 is 9.54 Å². The molecule has 112 valence electrons. The van der Waals surface area contributed by atoms with Crippen molar-refractivity contribution in [1.82, 2.24) is 4.68 Å². The monoisotopic (exact) mass is 313 g/mol. The number of furan rings is 1. The molecule has 0 aliphatic heterocycles. The summed E-state index contributed by atoms with van der Waals surface area (Å²) in [5, 5.41) is 6.51. The molecular weight excluding hydrogens is 298 g/mol. The first-order valence-electron chi connectivity index (χ1n) is 6.68. The second-order valence-electron chi connectivity index (χ2n) is 4.40. The Hall–Kier alpha value is -2.60. The van der Waals surface area contributed by atoms with Crippen LogP contribution in [0.2, 0.25) is 0 Å². The van der Waals surface area contributed by atoms with Gasteiger partial charge in [-0.3, -0.25) is 4.99 Å². The van der Waals surface area contributed by atoms with Crippen LogP contribution in [-0.4, -0.2) is 25.0 Å². The van der Waals surface area contributed by atoms with Crippen molar-refractivity contribution in [3.8, 4) is 17.2 Å². The first-order valence-corrected chi connectivity index (χ1v) is 7.56. The number of aromatic nitrogens is 1. The normalized spacial score (nSPS) is 12.2. The number of nitrogens with zero attached hydrogens (tertiary/aromatic N) is 3. The minimum Gasteiger partial charge on any atom is -0.496 e. The molecule has 0 radical (unpaired) electrons. The zero-order valence-electron chi connectivity index (χ0n) is 12.3. The Labute approximate surface area is 131 Å². The van der Waals surface area contributed by atoms with Crippen molar-refractivity contribution in [2.45, 2.75) is 0 Å². The number of rotatable bonds is 4. The minimum atomic E-state index is 0.753. The molecule has 0 aliphatic rings. The molecule has 1 aromatic carbocycles. The highest BCUT2D eigenvalue weighted by Crippen LogP contribution is 2.21. The van der Waals surface area contributed by atoms with E-state index in [1.54, 1.807) is 31.3 Å². The third-order valence-corrected chi connectivity index (χ3v) is 4.01. The van der Waals surface area contributed by atoms with Gasteiger partial charge in [-0.2, -0.15) is 5.10 Å². The van der Waals surface area contributed by atoms with Gasteiger partial charge in [-0.05, 0) is 24.3 Å². The number of ether oxygens (including phenoxy) is 1. The summed E-state index contributed by atoms with van der Waals surface area (Å²) in [6.45, 7) is 0. The van der Waals surface area contributed by atoms with Gasteiger partial charge in [-0.1, -0.05) is 12.1 Å². The van der Waals surface area contributed by atoms with Crippen molar-refractivity contribution in [2.75, 3.05) is 14.2 Å². The zero-order chi connectivity index (χ0) is 15.4. The molecule has 0 N–H and O–H groups in total. The lowest BCUT2D eigenvalue weighted by molar-refractivity contribution is 0.414. The van der Waals surface area contributed by atoms with Crippen LogP contribution in [0.4, 0.5) is 0 Å². The summed E-state index contributed by atoms with van der Waals surface area (Å²) >= 11 is 1.51. The van der Waals surface area contributed by atoms with E-state index in [0.717, 1.165) is 27.6 Å². The molecule has 22 heavy (non-hydrogen) atoms. The van der Waals surface area contributed by atoms with E-state index in [0.29, 0.717) is 0 Å². The number of hydrogen-bond donors (Lipinski definition) is 0. The predicted molar refractivity (Wildman–Crippen MR) is 87.5 cm³/mol. The molecule has 0 unspecified atom stereocenters. The van der Waals surface area contributed by atoms with E-state index in [2.05, 4.69) is 10.1 Å². The molecule has 0 aliphatic carbocycles. The lowest BCUT2D eigenvalue weighted by Crippen LogP contribution is -2.11. The summed E-state index contributed by atoms with van der Waals surface area (Å²) in [6.07, 6.45) is 3.40. The Bertz CT molecular complexity index is 844. The van der Waals surface area contributed by atoms with Crippen molar-refractivity contribution in [1.29, 1.82) is 0 Å². The van der Waals surface area contributed by atoms with Gasteiger partial charge in [-0.15, -0.1) is 11.3 Å². The molecule has 2 aromatic heterocycles. The first-order chi connectivity index (χ1) is 10.8. The summed E-state index contributed by atoms with van der Waals surface area (Å²) in [4.78, 5) is 5.04. The molecular formula is C16H15N3O2S. The number of thiazole rings is 1. The largest absolute Gasteiger partial charge is 0.496 e. The number of benzene rings is 1.